The third-order valence-corrected chi connectivity index (χ3v) is 5.71. The third kappa shape index (κ3) is 3.55. The fourth-order valence-corrected chi connectivity index (χ4v) is 4.77. The molecule has 0 saturated carbocycles. The van der Waals surface area contributed by atoms with Crippen molar-refractivity contribution in [1.29, 1.82) is 0 Å². The molecule has 21 heavy (non-hydrogen) atoms. The van der Waals surface area contributed by atoms with E-state index in [1.165, 1.54) is 11.3 Å². The van der Waals surface area contributed by atoms with Crippen LogP contribution in [0, 0.1) is 6.92 Å². The van der Waals surface area contributed by atoms with Crippen LogP contribution in [0.3, 0.4) is 0 Å². The molecule has 0 aliphatic heterocycles. The summed E-state index contributed by atoms with van der Waals surface area (Å²) in [6, 6.07) is 6.87. The molecular formula is C14H18N2O3S2. The lowest BCUT2D eigenvalue weighted by Crippen LogP contribution is -2.15. The van der Waals surface area contributed by atoms with Crippen molar-refractivity contribution in [2.75, 3.05) is 11.3 Å². The maximum absolute atomic E-state index is 12.5. The second kappa shape index (κ2) is 6.46. The average Bonchev–Trinajstić information content (AvgIpc) is 2.81. The topological polar surface area (TPSA) is 81.4 Å². The lowest BCUT2D eigenvalue weighted by Gasteiger charge is -2.11. The molecule has 0 bridgehead atoms. The van der Waals surface area contributed by atoms with E-state index in [0.717, 1.165) is 0 Å². The van der Waals surface area contributed by atoms with Gasteiger partial charge in [0, 0.05) is 17.5 Å². The Kier molecular flexibility index (Phi) is 4.87. The van der Waals surface area contributed by atoms with Gasteiger partial charge in [-0.1, -0.05) is 6.07 Å². The molecule has 0 spiro atoms. The summed E-state index contributed by atoms with van der Waals surface area (Å²) in [6.07, 6.45) is 0. The van der Waals surface area contributed by atoms with Gasteiger partial charge >= 0.3 is 0 Å². The summed E-state index contributed by atoms with van der Waals surface area (Å²) in [6.45, 7) is 4.37. The van der Waals surface area contributed by atoms with Crippen molar-refractivity contribution in [1.82, 2.24) is 0 Å². The van der Waals surface area contributed by atoms with Crippen LogP contribution in [0.5, 0.6) is 5.75 Å². The highest BCUT2D eigenvalue weighted by Crippen LogP contribution is 2.29. The standard InChI is InChI=1S/C14H18N2O3S2/c1-3-19-12-6-4-5-11(7-12)16-21(17,18)14-10(2)9-20-13(14)8-15/h4-7,9,16H,3,8,15H2,1-2H3. The van der Waals surface area contributed by atoms with E-state index in [4.69, 9.17) is 10.5 Å². The number of hydrogen-bond donors (Lipinski definition) is 2. The SMILES string of the molecule is CCOc1cccc(NS(=O)(=O)c2c(C)csc2CN)c1. The Morgan fingerprint density at radius 2 is 2.14 bits per heavy atom. The Labute approximate surface area is 128 Å². The van der Waals surface area contributed by atoms with Crippen LogP contribution in [0.1, 0.15) is 17.4 Å². The van der Waals surface area contributed by atoms with E-state index >= 15 is 0 Å². The minimum Gasteiger partial charge on any atom is -0.494 e. The monoisotopic (exact) mass is 326 g/mol. The lowest BCUT2D eigenvalue weighted by molar-refractivity contribution is 0.340. The molecule has 2 aromatic rings. The van der Waals surface area contributed by atoms with E-state index in [2.05, 4.69) is 4.72 Å². The summed E-state index contributed by atoms with van der Waals surface area (Å²) >= 11 is 1.36. The van der Waals surface area contributed by atoms with Crippen LogP contribution in [0.15, 0.2) is 34.5 Å². The number of benzene rings is 1. The molecule has 0 fully saturated rings. The van der Waals surface area contributed by atoms with Crippen LogP contribution in [0.25, 0.3) is 0 Å². The Balaban J connectivity index is 2.33. The van der Waals surface area contributed by atoms with E-state index in [0.29, 0.717) is 28.5 Å². The number of anilines is 1. The number of ether oxygens (including phenoxy) is 1. The van der Waals surface area contributed by atoms with Crippen LogP contribution in [0.2, 0.25) is 0 Å². The maximum atomic E-state index is 12.5. The summed E-state index contributed by atoms with van der Waals surface area (Å²) in [5.41, 5.74) is 6.79. The largest absolute Gasteiger partial charge is 0.494 e. The van der Waals surface area contributed by atoms with E-state index in [9.17, 15) is 8.42 Å². The molecule has 3 N–H and O–H groups in total. The second-order valence-corrected chi connectivity index (χ2v) is 7.02. The lowest BCUT2D eigenvalue weighted by atomic mass is 10.3. The van der Waals surface area contributed by atoms with Gasteiger partial charge in [-0.3, -0.25) is 4.72 Å². The molecule has 0 aliphatic rings. The highest BCUT2D eigenvalue weighted by molar-refractivity contribution is 7.93. The van der Waals surface area contributed by atoms with E-state index in [-0.39, 0.29) is 11.4 Å². The molecule has 1 heterocycles. The molecule has 0 unspecified atom stereocenters. The maximum Gasteiger partial charge on any atom is 0.263 e. The average molecular weight is 326 g/mol. The first-order valence-corrected chi connectivity index (χ1v) is 8.87. The molecule has 1 aromatic heterocycles. The molecule has 114 valence electrons. The van der Waals surface area contributed by atoms with Gasteiger partial charge in [0.25, 0.3) is 10.0 Å². The Bertz CT molecular complexity index is 724. The van der Waals surface area contributed by atoms with Gasteiger partial charge in [-0.2, -0.15) is 0 Å². The zero-order valence-electron chi connectivity index (χ0n) is 11.9. The molecule has 0 aliphatic carbocycles. The van der Waals surface area contributed by atoms with Gasteiger partial charge in [0.05, 0.1) is 12.3 Å². The first-order chi connectivity index (χ1) is 9.97. The summed E-state index contributed by atoms with van der Waals surface area (Å²) < 4.78 is 33.0. The quantitative estimate of drug-likeness (QED) is 0.855. The zero-order valence-corrected chi connectivity index (χ0v) is 13.6. The van der Waals surface area contributed by atoms with Gasteiger partial charge < -0.3 is 10.5 Å². The zero-order chi connectivity index (χ0) is 15.5. The smallest absolute Gasteiger partial charge is 0.263 e. The van der Waals surface area contributed by atoms with E-state index in [1.54, 1.807) is 36.6 Å². The van der Waals surface area contributed by atoms with Crippen molar-refractivity contribution in [2.24, 2.45) is 5.73 Å². The van der Waals surface area contributed by atoms with Crippen LogP contribution in [-0.2, 0) is 16.6 Å². The fraction of sp³-hybridized carbons (Fsp3) is 0.286. The predicted molar refractivity (Wildman–Crippen MR) is 85.4 cm³/mol. The number of thiophene rings is 1. The van der Waals surface area contributed by atoms with Crippen LogP contribution >= 0.6 is 11.3 Å². The van der Waals surface area contributed by atoms with Gasteiger partial charge in [0.2, 0.25) is 0 Å². The minimum absolute atomic E-state index is 0.202. The van der Waals surface area contributed by atoms with Crippen molar-refractivity contribution >= 4 is 27.0 Å². The second-order valence-electron chi connectivity index (χ2n) is 4.44. The number of hydrogen-bond acceptors (Lipinski definition) is 5. The minimum atomic E-state index is -3.65. The van der Waals surface area contributed by atoms with Crippen molar-refractivity contribution in [2.45, 2.75) is 25.3 Å². The first-order valence-electron chi connectivity index (χ1n) is 6.50. The fourth-order valence-electron chi connectivity index (χ4n) is 2.01. The van der Waals surface area contributed by atoms with Gasteiger partial charge in [-0.05, 0) is 36.9 Å². The van der Waals surface area contributed by atoms with Crippen molar-refractivity contribution in [3.8, 4) is 5.75 Å². The molecular weight excluding hydrogens is 308 g/mol. The summed E-state index contributed by atoms with van der Waals surface area (Å²) in [5.74, 6) is 0.624. The molecule has 0 radical (unpaired) electrons. The normalized spacial score (nSPS) is 11.4. The third-order valence-electron chi connectivity index (χ3n) is 2.84. The van der Waals surface area contributed by atoms with Crippen molar-refractivity contribution in [3.05, 3.63) is 40.1 Å². The van der Waals surface area contributed by atoms with E-state index < -0.39 is 10.0 Å². The van der Waals surface area contributed by atoms with Crippen molar-refractivity contribution < 1.29 is 13.2 Å². The molecule has 1 aromatic carbocycles. The Hall–Kier alpha value is -1.57. The number of aryl methyl sites for hydroxylation is 1. The highest BCUT2D eigenvalue weighted by atomic mass is 32.2. The van der Waals surface area contributed by atoms with Crippen LogP contribution in [0.4, 0.5) is 5.69 Å². The highest BCUT2D eigenvalue weighted by Gasteiger charge is 2.22. The van der Waals surface area contributed by atoms with Gasteiger partial charge in [0.15, 0.2) is 0 Å². The Morgan fingerprint density at radius 1 is 1.38 bits per heavy atom. The number of nitrogens with one attached hydrogen (secondary N) is 1. The number of sulfonamides is 1. The van der Waals surface area contributed by atoms with Gasteiger partial charge in [0.1, 0.15) is 10.6 Å². The molecule has 0 atom stereocenters. The van der Waals surface area contributed by atoms with Crippen LogP contribution < -0.4 is 15.2 Å². The van der Waals surface area contributed by atoms with Crippen LogP contribution in [-0.4, -0.2) is 15.0 Å². The first kappa shape index (κ1) is 15.8. The van der Waals surface area contributed by atoms with Gasteiger partial charge in [-0.15, -0.1) is 11.3 Å². The molecule has 0 saturated heterocycles. The van der Waals surface area contributed by atoms with Crippen molar-refractivity contribution in [3.63, 3.8) is 0 Å². The number of nitrogens with two attached hydrogens (primary N) is 1. The summed E-state index contributed by atoms with van der Waals surface area (Å²) in [5, 5.41) is 1.80. The molecule has 0 amide bonds. The predicted octanol–water partition coefficient (Wildman–Crippen LogP) is 2.71. The van der Waals surface area contributed by atoms with E-state index in [1.807, 2.05) is 6.92 Å². The molecule has 2 rings (SSSR count). The van der Waals surface area contributed by atoms with Gasteiger partial charge in [-0.25, -0.2) is 8.42 Å². The molecule has 7 heteroatoms. The molecule has 5 nitrogen and oxygen atoms in total. The Morgan fingerprint density at radius 3 is 2.81 bits per heavy atom. The summed E-state index contributed by atoms with van der Waals surface area (Å²) in [4.78, 5) is 0.928. The summed E-state index contributed by atoms with van der Waals surface area (Å²) in [7, 11) is -3.65. The number of rotatable bonds is 6.